The van der Waals surface area contributed by atoms with Gasteiger partial charge in [-0.2, -0.15) is 5.10 Å². The van der Waals surface area contributed by atoms with Crippen molar-refractivity contribution in [3.63, 3.8) is 0 Å². The Morgan fingerprint density at radius 3 is 2.85 bits per heavy atom. The Hall–Kier alpha value is -2.57. The van der Waals surface area contributed by atoms with Gasteiger partial charge in [0.1, 0.15) is 5.82 Å². The SMILES string of the molecule is CC[C@@H](NCc1cn[nH]c1)c1ccc(Cl)c(C(=O)c2cccnc2)c1F. The second kappa shape index (κ2) is 8.21. The highest BCUT2D eigenvalue weighted by molar-refractivity contribution is 6.35. The molecule has 0 bridgehead atoms. The smallest absolute Gasteiger partial charge is 0.199 e. The number of H-pyrrole nitrogens is 1. The molecule has 0 aliphatic heterocycles. The molecule has 1 atom stereocenters. The predicted octanol–water partition coefficient (Wildman–Crippen LogP) is 4.07. The molecule has 0 spiro atoms. The Morgan fingerprint density at radius 1 is 1.35 bits per heavy atom. The number of carbonyl (C=O) groups excluding carboxylic acids is 1. The third kappa shape index (κ3) is 3.81. The number of hydrogen-bond acceptors (Lipinski definition) is 4. The van der Waals surface area contributed by atoms with E-state index in [1.165, 1.54) is 6.20 Å². The number of benzene rings is 1. The predicted molar refractivity (Wildman–Crippen MR) is 97.5 cm³/mol. The number of nitrogens with one attached hydrogen (secondary N) is 2. The Balaban J connectivity index is 1.91. The van der Waals surface area contributed by atoms with Crippen molar-refractivity contribution in [1.82, 2.24) is 20.5 Å². The highest BCUT2D eigenvalue weighted by Gasteiger charge is 2.24. The lowest BCUT2D eigenvalue weighted by Gasteiger charge is -2.19. The van der Waals surface area contributed by atoms with Crippen LogP contribution in [0.5, 0.6) is 0 Å². The normalized spacial score (nSPS) is 12.1. The highest BCUT2D eigenvalue weighted by Crippen LogP contribution is 2.29. The van der Waals surface area contributed by atoms with Gasteiger partial charge in [0, 0.05) is 47.9 Å². The fraction of sp³-hybridized carbons (Fsp3) is 0.211. The number of aromatic amines is 1. The van der Waals surface area contributed by atoms with Gasteiger partial charge in [-0.05, 0) is 24.6 Å². The molecule has 0 aliphatic carbocycles. The second-order valence-electron chi connectivity index (χ2n) is 5.84. The zero-order chi connectivity index (χ0) is 18.5. The number of halogens is 2. The largest absolute Gasteiger partial charge is 0.306 e. The van der Waals surface area contributed by atoms with Gasteiger partial charge >= 0.3 is 0 Å². The number of ketones is 1. The number of hydrogen-bond donors (Lipinski definition) is 2. The van der Waals surface area contributed by atoms with Crippen molar-refractivity contribution in [3.8, 4) is 0 Å². The maximum Gasteiger partial charge on any atom is 0.199 e. The molecule has 0 saturated heterocycles. The minimum atomic E-state index is -0.599. The lowest BCUT2D eigenvalue weighted by atomic mass is 9.96. The molecule has 0 saturated carbocycles. The third-order valence-corrected chi connectivity index (χ3v) is 4.48. The summed E-state index contributed by atoms with van der Waals surface area (Å²) < 4.78 is 15.2. The summed E-state index contributed by atoms with van der Waals surface area (Å²) in [7, 11) is 0. The Labute approximate surface area is 155 Å². The molecule has 3 rings (SSSR count). The van der Waals surface area contributed by atoms with E-state index in [0.717, 1.165) is 5.56 Å². The average molecular weight is 373 g/mol. The van der Waals surface area contributed by atoms with E-state index in [1.807, 2.05) is 6.92 Å². The first-order valence-electron chi connectivity index (χ1n) is 8.25. The Bertz CT molecular complexity index is 884. The minimum absolute atomic E-state index is 0.0878. The monoisotopic (exact) mass is 372 g/mol. The van der Waals surface area contributed by atoms with E-state index in [2.05, 4.69) is 20.5 Å². The summed E-state index contributed by atoms with van der Waals surface area (Å²) in [6.07, 6.45) is 7.08. The van der Waals surface area contributed by atoms with Crippen molar-refractivity contribution in [2.45, 2.75) is 25.9 Å². The van der Waals surface area contributed by atoms with Crippen molar-refractivity contribution < 1.29 is 9.18 Å². The minimum Gasteiger partial charge on any atom is -0.306 e. The van der Waals surface area contributed by atoms with Gasteiger partial charge in [-0.25, -0.2) is 4.39 Å². The Kier molecular flexibility index (Phi) is 5.75. The van der Waals surface area contributed by atoms with Crippen LogP contribution in [0, 0.1) is 5.82 Å². The summed E-state index contributed by atoms with van der Waals surface area (Å²) in [5, 5.41) is 10.0. The summed E-state index contributed by atoms with van der Waals surface area (Å²) in [5.41, 5.74) is 1.54. The third-order valence-electron chi connectivity index (χ3n) is 4.16. The van der Waals surface area contributed by atoms with Gasteiger partial charge in [0.05, 0.1) is 16.8 Å². The van der Waals surface area contributed by atoms with Gasteiger partial charge in [0.2, 0.25) is 0 Å². The first kappa shape index (κ1) is 18.2. The van der Waals surface area contributed by atoms with Crippen LogP contribution in [0.15, 0.2) is 49.1 Å². The summed E-state index contributed by atoms with van der Waals surface area (Å²) >= 11 is 6.14. The molecule has 134 valence electrons. The molecule has 26 heavy (non-hydrogen) atoms. The number of nitrogens with zero attached hydrogens (tertiary/aromatic N) is 2. The van der Waals surface area contributed by atoms with Crippen molar-refractivity contribution in [2.24, 2.45) is 0 Å². The molecule has 3 aromatic rings. The van der Waals surface area contributed by atoms with Crippen LogP contribution in [-0.2, 0) is 6.54 Å². The summed E-state index contributed by atoms with van der Waals surface area (Å²) in [5.74, 6) is -1.08. The van der Waals surface area contributed by atoms with Crippen molar-refractivity contribution >= 4 is 17.4 Å². The van der Waals surface area contributed by atoms with E-state index in [0.29, 0.717) is 24.1 Å². The molecule has 0 aliphatic rings. The van der Waals surface area contributed by atoms with Crippen LogP contribution in [0.25, 0.3) is 0 Å². The van der Waals surface area contributed by atoms with E-state index in [-0.39, 0.29) is 16.6 Å². The molecule has 0 fully saturated rings. The lowest BCUT2D eigenvalue weighted by Crippen LogP contribution is -2.22. The second-order valence-corrected chi connectivity index (χ2v) is 6.25. The van der Waals surface area contributed by atoms with Crippen LogP contribution >= 0.6 is 11.6 Å². The first-order chi connectivity index (χ1) is 12.6. The average Bonchev–Trinajstić information content (AvgIpc) is 3.18. The van der Waals surface area contributed by atoms with Crippen LogP contribution in [0.1, 0.15) is 46.4 Å². The molecular formula is C19H18ClFN4O. The Morgan fingerprint density at radius 2 is 2.19 bits per heavy atom. The molecule has 0 amide bonds. The van der Waals surface area contributed by atoms with Gasteiger partial charge < -0.3 is 5.32 Å². The van der Waals surface area contributed by atoms with Crippen molar-refractivity contribution in [3.05, 3.63) is 82.1 Å². The molecule has 2 heterocycles. The quantitative estimate of drug-likeness (QED) is 0.613. The molecule has 1 aromatic carbocycles. The summed E-state index contributed by atoms with van der Waals surface area (Å²) in [4.78, 5) is 16.6. The molecule has 0 radical (unpaired) electrons. The first-order valence-corrected chi connectivity index (χ1v) is 8.63. The lowest BCUT2D eigenvalue weighted by molar-refractivity contribution is 0.103. The molecular weight excluding hydrogens is 355 g/mol. The fourth-order valence-corrected chi connectivity index (χ4v) is 3.01. The van der Waals surface area contributed by atoms with E-state index in [9.17, 15) is 4.79 Å². The molecule has 0 unspecified atom stereocenters. The van der Waals surface area contributed by atoms with Gasteiger partial charge in [-0.1, -0.05) is 24.6 Å². The highest BCUT2D eigenvalue weighted by atomic mass is 35.5. The van der Waals surface area contributed by atoms with E-state index >= 15 is 4.39 Å². The fourth-order valence-electron chi connectivity index (χ4n) is 2.78. The van der Waals surface area contributed by atoms with Crippen LogP contribution in [-0.4, -0.2) is 21.0 Å². The number of rotatable bonds is 7. The topological polar surface area (TPSA) is 70.7 Å². The van der Waals surface area contributed by atoms with Crippen LogP contribution in [0.2, 0.25) is 5.02 Å². The zero-order valence-corrected chi connectivity index (χ0v) is 14.9. The number of carbonyl (C=O) groups is 1. The van der Waals surface area contributed by atoms with Crippen molar-refractivity contribution in [1.29, 1.82) is 0 Å². The molecule has 5 nitrogen and oxygen atoms in total. The van der Waals surface area contributed by atoms with Crippen LogP contribution in [0.3, 0.4) is 0 Å². The number of aromatic nitrogens is 3. The molecule has 2 aromatic heterocycles. The maximum atomic E-state index is 15.2. The summed E-state index contributed by atoms with van der Waals surface area (Å²) in [6, 6.07) is 6.14. The van der Waals surface area contributed by atoms with Crippen molar-refractivity contribution in [2.75, 3.05) is 0 Å². The molecule has 7 heteroatoms. The van der Waals surface area contributed by atoms with E-state index in [1.54, 1.807) is 42.9 Å². The molecule has 2 N–H and O–H groups in total. The van der Waals surface area contributed by atoms with Crippen LogP contribution in [0.4, 0.5) is 4.39 Å². The standard InChI is InChI=1S/C19H18ClFN4O/c1-2-16(23-8-12-9-24-25-10-12)14-5-6-15(20)17(18(14)21)19(26)13-4-3-7-22-11-13/h3-7,9-11,16,23H,2,8H2,1H3,(H,24,25)/t16-/m1/s1. The number of pyridine rings is 1. The zero-order valence-electron chi connectivity index (χ0n) is 14.2. The van der Waals surface area contributed by atoms with E-state index in [4.69, 9.17) is 11.6 Å². The van der Waals surface area contributed by atoms with Gasteiger partial charge in [0.15, 0.2) is 5.78 Å². The van der Waals surface area contributed by atoms with E-state index < -0.39 is 11.6 Å². The summed E-state index contributed by atoms with van der Waals surface area (Å²) in [6.45, 7) is 2.48. The van der Waals surface area contributed by atoms with Gasteiger partial charge in [-0.3, -0.25) is 14.9 Å². The maximum absolute atomic E-state index is 15.2. The van der Waals surface area contributed by atoms with Gasteiger partial charge in [0.25, 0.3) is 0 Å². The van der Waals surface area contributed by atoms with Crippen LogP contribution < -0.4 is 5.32 Å². The van der Waals surface area contributed by atoms with Gasteiger partial charge in [-0.15, -0.1) is 0 Å².